The SMILES string of the molecule is CC(=O)NC1=NC=CS1(c1cc(F)ccc1O)N1Cc2ccc(-c3ccc(N4CCNCC4)cc3)c(OCCO)c2C1=O. The van der Waals surface area contributed by atoms with Gasteiger partial charge in [0.05, 0.1) is 23.6 Å². The summed E-state index contributed by atoms with van der Waals surface area (Å²) in [4.78, 5) is 33.4. The maximum atomic E-state index is 14.6. The molecule has 3 heterocycles. The first-order valence-electron chi connectivity index (χ1n) is 13.9. The molecule has 43 heavy (non-hydrogen) atoms. The summed E-state index contributed by atoms with van der Waals surface area (Å²) in [7, 11) is -2.84. The van der Waals surface area contributed by atoms with E-state index in [2.05, 4.69) is 20.5 Å². The number of carbonyl (C=O) groups excluding carboxylic acids is 2. The van der Waals surface area contributed by atoms with Crippen LogP contribution in [0.4, 0.5) is 10.1 Å². The van der Waals surface area contributed by atoms with E-state index < -0.39 is 27.8 Å². The summed E-state index contributed by atoms with van der Waals surface area (Å²) in [6, 6.07) is 15.3. The van der Waals surface area contributed by atoms with E-state index in [1.807, 2.05) is 36.4 Å². The number of amides is 2. The molecule has 10 nitrogen and oxygen atoms in total. The van der Waals surface area contributed by atoms with E-state index in [-0.39, 0.29) is 35.6 Å². The van der Waals surface area contributed by atoms with E-state index in [0.29, 0.717) is 22.4 Å². The average Bonchev–Trinajstić information content (AvgIpc) is 3.58. The van der Waals surface area contributed by atoms with Crippen LogP contribution >= 0.6 is 10.2 Å². The number of carbonyl (C=O) groups is 2. The first-order valence-corrected chi connectivity index (χ1v) is 15.6. The van der Waals surface area contributed by atoms with Crippen LogP contribution < -0.4 is 20.3 Å². The number of anilines is 1. The molecule has 0 bridgehead atoms. The fraction of sp³-hybridized carbons (Fsp3) is 0.258. The number of aromatic hydroxyl groups is 1. The Hall–Kier alpha value is -4.39. The Morgan fingerprint density at radius 2 is 1.91 bits per heavy atom. The molecule has 3 aliphatic heterocycles. The topological polar surface area (TPSA) is 127 Å². The minimum atomic E-state index is -2.84. The van der Waals surface area contributed by atoms with Crippen LogP contribution in [0.2, 0.25) is 0 Å². The third kappa shape index (κ3) is 5.11. The second-order valence-electron chi connectivity index (χ2n) is 10.3. The third-order valence-electron chi connectivity index (χ3n) is 7.63. The van der Waals surface area contributed by atoms with Crippen LogP contribution in [0.3, 0.4) is 0 Å². The van der Waals surface area contributed by atoms with Crippen molar-refractivity contribution >= 4 is 32.9 Å². The molecular formula is C31H32FN5O5S. The molecule has 2 amide bonds. The van der Waals surface area contributed by atoms with Crippen LogP contribution in [0.15, 0.2) is 76.1 Å². The number of rotatable bonds is 7. The van der Waals surface area contributed by atoms with Gasteiger partial charge in [-0.25, -0.2) is 9.38 Å². The summed E-state index contributed by atoms with van der Waals surface area (Å²) in [5, 5.41) is 28.4. The lowest BCUT2D eigenvalue weighted by Crippen LogP contribution is -2.43. The molecule has 0 aromatic heterocycles. The van der Waals surface area contributed by atoms with Crippen molar-refractivity contribution in [1.82, 2.24) is 14.9 Å². The lowest BCUT2D eigenvalue weighted by atomic mass is 9.98. The number of aliphatic hydroxyl groups is 1. The second kappa shape index (κ2) is 11.7. The number of hydrogen-bond donors (Lipinski definition) is 4. The Morgan fingerprint density at radius 3 is 2.63 bits per heavy atom. The number of aliphatic hydroxyl groups excluding tert-OH is 1. The smallest absolute Gasteiger partial charge is 0.267 e. The molecule has 3 aromatic carbocycles. The highest BCUT2D eigenvalue weighted by atomic mass is 32.3. The van der Waals surface area contributed by atoms with Crippen molar-refractivity contribution in [2.45, 2.75) is 18.4 Å². The quantitative estimate of drug-likeness (QED) is 0.324. The number of benzene rings is 3. The number of amidine groups is 1. The molecule has 1 unspecified atom stereocenters. The van der Waals surface area contributed by atoms with Crippen LogP contribution in [0, 0.1) is 5.82 Å². The van der Waals surface area contributed by atoms with Crippen molar-refractivity contribution in [2.24, 2.45) is 4.99 Å². The van der Waals surface area contributed by atoms with Crippen molar-refractivity contribution in [2.75, 3.05) is 44.3 Å². The predicted molar refractivity (Wildman–Crippen MR) is 164 cm³/mol. The lowest BCUT2D eigenvalue weighted by Gasteiger charge is -2.43. The molecule has 3 aliphatic rings. The molecule has 0 spiro atoms. The average molecular weight is 606 g/mol. The van der Waals surface area contributed by atoms with E-state index in [4.69, 9.17) is 4.74 Å². The molecule has 224 valence electrons. The molecular weight excluding hydrogens is 573 g/mol. The van der Waals surface area contributed by atoms with Crippen molar-refractivity contribution in [3.63, 3.8) is 0 Å². The maximum Gasteiger partial charge on any atom is 0.267 e. The molecule has 4 N–H and O–H groups in total. The number of aliphatic imine (C=N–C) groups is 1. The number of nitrogens with zero attached hydrogens (tertiary/aromatic N) is 3. The number of phenols is 1. The third-order valence-corrected chi connectivity index (χ3v) is 10.9. The summed E-state index contributed by atoms with van der Waals surface area (Å²) < 4.78 is 22.2. The summed E-state index contributed by atoms with van der Waals surface area (Å²) in [6.07, 6.45) is 1.45. The first-order chi connectivity index (χ1) is 20.8. The van der Waals surface area contributed by atoms with Crippen molar-refractivity contribution < 1.29 is 28.9 Å². The number of ether oxygens (including phenoxy) is 1. The van der Waals surface area contributed by atoms with Gasteiger partial charge >= 0.3 is 0 Å². The van der Waals surface area contributed by atoms with Crippen molar-refractivity contribution in [3.05, 3.63) is 83.1 Å². The number of nitrogens with one attached hydrogen (secondary N) is 2. The predicted octanol–water partition coefficient (Wildman–Crippen LogP) is 3.69. The van der Waals surface area contributed by atoms with Gasteiger partial charge in [-0.1, -0.05) is 24.3 Å². The minimum absolute atomic E-state index is 0.0310. The number of phenolic OH excluding ortho intramolecular Hbond substituents is 1. The fourth-order valence-electron chi connectivity index (χ4n) is 5.68. The van der Waals surface area contributed by atoms with Gasteiger partial charge in [0.15, 0.2) is 5.17 Å². The minimum Gasteiger partial charge on any atom is -0.507 e. The van der Waals surface area contributed by atoms with Gasteiger partial charge < -0.3 is 30.5 Å². The van der Waals surface area contributed by atoms with Crippen LogP contribution in [0.5, 0.6) is 11.5 Å². The largest absolute Gasteiger partial charge is 0.507 e. The monoisotopic (exact) mass is 605 g/mol. The Balaban J connectivity index is 1.44. The van der Waals surface area contributed by atoms with Crippen LogP contribution in [-0.4, -0.2) is 70.9 Å². The van der Waals surface area contributed by atoms with Crippen molar-refractivity contribution in [1.29, 1.82) is 0 Å². The number of piperazine rings is 1. The number of fused-ring (bicyclic) bond motifs is 1. The molecule has 1 atom stereocenters. The van der Waals surface area contributed by atoms with Crippen LogP contribution in [0.25, 0.3) is 11.1 Å². The van der Waals surface area contributed by atoms with Crippen LogP contribution in [0.1, 0.15) is 22.8 Å². The van der Waals surface area contributed by atoms with Gasteiger partial charge in [-0.15, -0.1) is 0 Å². The van der Waals surface area contributed by atoms with E-state index in [0.717, 1.165) is 43.5 Å². The van der Waals surface area contributed by atoms with Crippen LogP contribution in [-0.2, 0) is 11.3 Å². The van der Waals surface area contributed by atoms with Gasteiger partial charge in [0.25, 0.3) is 5.91 Å². The zero-order valence-corrected chi connectivity index (χ0v) is 24.4. The standard InChI is InChI=1S/C31H32FN5O5S/c1-20(39)35-31-34-12-17-43(31,27-18-23(32)5-9-26(27)40)37-19-22-4-8-25(29(42-16-15-38)28(22)30(37)41)21-2-6-24(7-3-21)36-13-10-33-11-14-36/h2-9,12,17-18,33,38,40H,10-11,13-16,19H2,1H3,(H,34,35,39). The van der Waals surface area contributed by atoms with E-state index in [1.54, 1.807) is 5.41 Å². The number of halogens is 1. The van der Waals surface area contributed by atoms with E-state index in [9.17, 15) is 24.2 Å². The zero-order valence-electron chi connectivity index (χ0n) is 23.5. The Morgan fingerprint density at radius 1 is 1.14 bits per heavy atom. The highest BCUT2D eigenvalue weighted by Crippen LogP contribution is 2.67. The van der Waals surface area contributed by atoms with Gasteiger partial charge in [0.2, 0.25) is 5.91 Å². The highest BCUT2D eigenvalue weighted by molar-refractivity contribution is 8.46. The second-order valence-corrected chi connectivity index (χ2v) is 13.1. The van der Waals surface area contributed by atoms with Gasteiger partial charge in [0, 0.05) is 56.0 Å². The summed E-state index contributed by atoms with van der Waals surface area (Å²) in [6.45, 7) is 4.80. The van der Waals surface area contributed by atoms with E-state index in [1.165, 1.54) is 29.6 Å². The summed E-state index contributed by atoms with van der Waals surface area (Å²) in [5.74, 6) is -1.35. The van der Waals surface area contributed by atoms with Crippen molar-refractivity contribution in [3.8, 4) is 22.6 Å². The van der Waals surface area contributed by atoms with Gasteiger partial charge in [-0.05, 0) is 51.7 Å². The molecule has 3 aromatic rings. The molecule has 0 aliphatic carbocycles. The Kier molecular flexibility index (Phi) is 7.82. The van der Waals surface area contributed by atoms with Gasteiger partial charge in [0.1, 0.15) is 23.9 Å². The lowest BCUT2D eigenvalue weighted by molar-refractivity contribution is -0.117. The molecule has 6 rings (SSSR count). The molecule has 0 radical (unpaired) electrons. The highest BCUT2D eigenvalue weighted by Gasteiger charge is 2.48. The van der Waals surface area contributed by atoms with Gasteiger partial charge in [-0.3, -0.25) is 13.9 Å². The van der Waals surface area contributed by atoms with E-state index >= 15 is 0 Å². The number of hydrogen-bond acceptors (Lipinski definition) is 8. The molecule has 1 fully saturated rings. The summed E-state index contributed by atoms with van der Waals surface area (Å²) in [5.41, 5.74) is 3.59. The first kappa shape index (κ1) is 28.7. The molecule has 0 saturated carbocycles. The van der Waals surface area contributed by atoms with Gasteiger partial charge in [-0.2, -0.15) is 0 Å². The molecule has 1 saturated heterocycles. The zero-order chi connectivity index (χ0) is 30.1. The maximum absolute atomic E-state index is 14.6. The summed E-state index contributed by atoms with van der Waals surface area (Å²) >= 11 is 0. The fourth-order valence-corrected chi connectivity index (χ4v) is 8.89. The molecule has 12 heteroatoms. The Labute approximate surface area is 249 Å². The Bertz CT molecular complexity index is 1640. The normalized spacial score (nSPS) is 20.9.